The van der Waals surface area contributed by atoms with E-state index in [9.17, 15) is 5.11 Å². The van der Waals surface area contributed by atoms with Crippen LogP contribution in [0.2, 0.25) is 0 Å². The summed E-state index contributed by atoms with van der Waals surface area (Å²) >= 11 is 0. The van der Waals surface area contributed by atoms with Crippen LogP contribution in [-0.2, 0) is 6.42 Å². The number of hydrogen-bond acceptors (Lipinski definition) is 1. The van der Waals surface area contributed by atoms with E-state index >= 15 is 0 Å². The lowest BCUT2D eigenvalue weighted by atomic mass is 9.73. The molecule has 0 saturated heterocycles. The van der Waals surface area contributed by atoms with Crippen molar-refractivity contribution in [2.24, 2.45) is 5.92 Å². The molecule has 1 aromatic rings. The minimum absolute atomic E-state index is 0.437. The van der Waals surface area contributed by atoms with Gasteiger partial charge in [-0.25, -0.2) is 0 Å². The van der Waals surface area contributed by atoms with E-state index < -0.39 is 5.60 Å². The molecule has 1 fully saturated rings. The summed E-state index contributed by atoms with van der Waals surface area (Å²) in [5.74, 6) is 0.437. The maximum absolute atomic E-state index is 10.6. The van der Waals surface area contributed by atoms with Gasteiger partial charge in [0.1, 0.15) is 0 Å². The summed E-state index contributed by atoms with van der Waals surface area (Å²) in [6.45, 7) is 2.18. The van der Waals surface area contributed by atoms with E-state index in [2.05, 4.69) is 19.1 Å². The molecule has 1 aliphatic rings. The predicted molar refractivity (Wildman–Crippen MR) is 62.7 cm³/mol. The average molecular weight is 204 g/mol. The van der Waals surface area contributed by atoms with E-state index in [1.54, 1.807) is 0 Å². The summed E-state index contributed by atoms with van der Waals surface area (Å²) in [5, 5.41) is 10.6. The molecule has 15 heavy (non-hydrogen) atoms. The Bertz CT molecular complexity index is 306. The van der Waals surface area contributed by atoms with E-state index in [0.717, 1.165) is 12.8 Å². The van der Waals surface area contributed by atoms with Gasteiger partial charge in [0.15, 0.2) is 0 Å². The van der Waals surface area contributed by atoms with Gasteiger partial charge < -0.3 is 5.11 Å². The lowest BCUT2D eigenvalue weighted by Crippen LogP contribution is -2.41. The molecular formula is C14H20O. The van der Waals surface area contributed by atoms with Crippen LogP contribution in [-0.4, -0.2) is 10.7 Å². The van der Waals surface area contributed by atoms with E-state index in [1.165, 1.54) is 24.8 Å². The third-order valence-electron chi connectivity index (χ3n) is 3.77. The van der Waals surface area contributed by atoms with Crippen LogP contribution in [0.15, 0.2) is 30.3 Å². The zero-order valence-electron chi connectivity index (χ0n) is 9.45. The van der Waals surface area contributed by atoms with Gasteiger partial charge in [-0.15, -0.1) is 0 Å². The molecule has 0 spiro atoms. The van der Waals surface area contributed by atoms with Gasteiger partial charge in [-0.05, 0) is 24.3 Å². The summed E-state index contributed by atoms with van der Waals surface area (Å²) in [4.78, 5) is 0. The number of aliphatic hydroxyl groups is 1. The first-order valence-corrected chi connectivity index (χ1v) is 5.97. The fraction of sp³-hybridized carbons (Fsp3) is 0.571. The van der Waals surface area contributed by atoms with Crippen molar-refractivity contribution < 1.29 is 5.11 Å². The molecule has 1 saturated carbocycles. The summed E-state index contributed by atoms with van der Waals surface area (Å²) < 4.78 is 0. The Kier molecular flexibility index (Phi) is 3.11. The largest absolute Gasteiger partial charge is 0.389 e. The Labute approximate surface area is 92.1 Å². The monoisotopic (exact) mass is 204 g/mol. The van der Waals surface area contributed by atoms with Crippen molar-refractivity contribution in [3.05, 3.63) is 35.9 Å². The second kappa shape index (κ2) is 4.36. The highest BCUT2D eigenvalue weighted by atomic mass is 16.3. The van der Waals surface area contributed by atoms with Crippen LogP contribution in [0, 0.1) is 5.92 Å². The molecule has 0 heterocycles. The quantitative estimate of drug-likeness (QED) is 0.784. The normalized spacial score (nSPS) is 31.5. The fourth-order valence-electron chi connectivity index (χ4n) is 2.61. The van der Waals surface area contributed by atoms with Gasteiger partial charge in [0.25, 0.3) is 0 Å². The Morgan fingerprint density at radius 2 is 2.00 bits per heavy atom. The molecule has 1 aromatic carbocycles. The predicted octanol–water partition coefficient (Wildman–Crippen LogP) is 3.17. The molecule has 1 N–H and O–H groups in total. The lowest BCUT2D eigenvalue weighted by Gasteiger charge is -2.38. The SMILES string of the molecule is CC1CCCCC1(O)Cc1ccccc1. The van der Waals surface area contributed by atoms with Crippen LogP contribution in [0.4, 0.5) is 0 Å². The molecule has 2 rings (SSSR count). The molecule has 1 nitrogen and oxygen atoms in total. The highest BCUT2D eigenvalue weighted by Crippen LogP contribution is 2.35. The third kappa shape index (κ3) is 2.40. The van der Waals surface area contributed by atoms with Gasteiger partial charge in [0, 0.05) is 6.42 Å². The zero-order valence-corrected chi connectivity index (χ0v) is 9.45. The van der Waals surface area contributed by atoms with Crippen molar-refractivity contribution in [1.29, 1.82) is 0 Å². The molecule has 2 atom stereocenters. The van der Waals surface area contributed by atoms with Gasteiger partial charge in [-0.1, -0.05) is 50.1 Å². The Hall–Kier alpha value is -0.820. The van der Waals surface area contributed by atoms with Crippen LogP contribution in [0.1, 0.15) is 38.2 Å². The first-order chi connectivity index (χ1) is 7.21. The van der Waals surface area contributed by atoms with Crippen molar-refractivity contribution in [1.82, 2.24) is 0 Å². The summed E-state index contributed by atoms with van der Waals surface area (Å²) in [7, 11) is 0. The molecule has 0 aromatic heterocycles. The van der Waals surface area contributed by atoms with Crippen LogP contribution >= 0.6 is 0 Å². The Morgan fingerprint density at radius 1 is 1.27 bits per heavy atom. The molecule has 2 unspecified atom stereocenters. The van der Waals surface area contributed by atoms with Crippen LogP contribution in [0.3, 0.4) is 0 Å². The standard InChI is InChI=1S/C14H20O/c1-12-7-5-6-10-14(12,15)11-13-8-3-2-4-9-13/h2-4,8-9,12,15H,5-7,10-11H2,1H3. The maximum atomic E-state index is 10.6. The second-order valence-corrected chi connectivity index (χ2v) is 4.91. The minimum atomic E-state index is -0.459. The van der Waals surface area contributed by atoms with Gasteiger partial charge >= 0.3 is 0 Å². The van der Waals surface area contributed by atoms with Gasteiger partial charge in [0.2, 0.25) is 0 Å². The van der Waals surface area contributed by atoms with E-state index in [1.807, 2.05) is 18.2 Å². The van der Waals surface area contributed by atoms with E-state index in [4.69, 9.17) is 0 Å². The molecule has 0 aliphatic heterocycles. The second-order valence-electron chi connectivity index (χ2n) is 4.91. The summed E-state index contributed by atoms with van der Waals surface area (Å²) in [6, 6.07) is 10.3. The lowest BCUT2D eigenvalue weighted by molar-refractivity contribution is -0.0405. The zero-order chi connectivity index (χ0) is 10.7. The Balaban J connectivity index is 2.09. The number of rotatable bonds is 2. The highest BCUT2D eigenvalue weighted by molar-refractivity contribution is 5.17. The summed E-state index contributed by atoms with van der Waals surface area (Å²) in [6.07, 6.45) is 5.40. The van der Waals surface area contributed by atoms with Crippen LogP contribution in [0.25, 0.3) is 0 Å². The van der Waals surface area contributed by atoms with Crippen molar-refractivity contribution >= 4 is 0 Å². The number of benzene rings is 1. The molecule has 0 bridgehead atoms. The first-order valence-electron chi connectivity index (χ1n) is 5.97. The maximum Gasteiger partial charge on any atom is 0.0713 e. The van der Waals surface area contributed by atoms with E-state index in [-0.39, 0.29) is 0 Å². The highest BCUT2D eigenvalue weighted by Gasteiger charge is 2.35. The van der Waals surface area contributed by atoms with Crippen molar-refractivity contribution in [3.8, 4) is 0 Å². The van der Waals surface area contributed by atoms with Crippen LogP contribution in [0.5, 0.6) is 0 Å². The molecule has 0 amide bonds. The molecule has 82 valence electrons. The fourth-order valence-corrected chi connectivity index (χ4v) is 2.61. The first kappa shape index (κ1) is 10.7. The summed E-state index contributed by atoms with van der Waals surface area (Å²) in [5.41, 5.74) is 0.799. The topological polar surface area (TPSA) is 20.2 Å². The van der Waals surface area contributed by atoms with Crippen LogP contribution < -0.4 is 0 Å². The molecular weight excluding hydrogens is 184 g/mol. The van der Waals surface area contributed by atoms with Gasteiger partial charge in [0.05, 0.1) is 5.60 Å². The number of hydrogen-bond donors (Lipinski definition) is 1. The molecule has 0 radical (unpaired) electrons. The molecule has 1 aliphatic carbocycles. The minimum Gasteiger partial charge on any atom is -0.389 e. The average Bonchev–Trinajstić information content (AvgIpc) is 2.24. The van der Waals surface area contributed by atoms with Crippen molar-refractivity contribution in [2.75, 3.05) is 0 Å². The molecule has 1 heteroatoms. The van der Waals surface area contributed by atoms with E-state index in [0.29, 0.717) is 5.92 Å². The smallest absolute Gasteiger partial charge is 0.0713 e. The van der Waals surface area contributed by atoms with Crippen molar-refractivity contribution in [2.45, 2.75) is 44.6 Å². The third-order valence-corrected chi connectivity index (χ3v) is 3.77. The Morgan fingerprint density at radius 3 is 2.67 bits per heavy atom. The van der Waals surface area contributed by atoms with Gasteiger partial charge in [-0.3, -0.25) is 0 Å². The van der Waals surface area contributed by atoms with Crippen molar-refractivity contribution in [3.63, 3.8) is 0 Å². The van der Waals surface area contributed by atoms with Gasteiger partial charge in [-0.2, -0.15) is 0 Å².